The van der Waals surface area contributed by atoms with Crippen LogP contribution in [0.2, 0.25) is 0 Å². The van der Waals surface area contributed by atoms with Crippen LogP contribution in [0.5, 0.6) is 0 Å². The Morgan fingerprint density at radius 3 is 1.92 bits per heavy atom. The molecule has 2 fully saturated rings. The molecule has 1 saturated heterocycles. The number of rotatable bonds is 5. The lowest BCUT2D eigenvalue weighted by atomic mass is 9.79. The predicted molar refractivity (Wildman–Crippen MR) is 79.0 cm³/mol. The van der Waals surface area contributed by atoms with Crippen molar-refractivity contribution in [3.05, 3.63) is 0 Å². The minimum Gasteiger partial charge on any atom is -0.348 e. The van der Waals surface area contributed by atoms with E-state index in [9.17, 15) is 30.7 Å². The zero-order chi connectivity index (χ0) is 18.2. The van der Waals surface area contributed by atoms with Gasteiger partial charge in [0, 0.05) is 34.0 Å². The lowest BCUT2D eigenvalue weighted by molar-refractivity contribution is -0.372. The molecule has 1 saturated carbocycles. The maximum Gasteiger partial charge on any atom is 0.459 e. The lowest BCUT2D eigenvalue weighted by Gasteiger charge is -2.41. The maximum atomic E-state index is 14.0. The fourth-order valence-electron chi connectivity index (χ4n) is 3.01. The normalized spacial score (nSPS) is 24.5. The van der Waals surface area contributed by atoms with Crippen molar-refractivity contribution in [1.29, 1.82) is 0 Å². The highest BCUT2D eigenvalue weighted by Gasteiger charge is 2.76. The van der Waals surface area contributed by atoms with E-state index in [1.54, 1.807) is 0 Å². The molecule has 1 aliphatic carbocycles. The standard InChI is InChI=1S/C12H14F7IO3S/c13-10(14,11(15,16)12(17,18)19)8(23-24-20)7-1-3-9(4-2-7)21-5-6-22-9/h7-8H,1-6H2. The van der Waals surface area contributed by atoms with Gasteiger partial charge in [-0.15, -0.1) is 0 Å². The number of ether oxygens (including phenoxy) is 2. The highest BCUT2D eigenvalue weighted by Crippen LogP contribution is 2.53. The predicted octanol–water partition coefficient (Wildman–Crippen LogP) is 5.14. The van der Waals surface area contributed by atoms with Crippen LogP contribution in [-0.2, 0) is 13.7 Å². The van der Waals surface area contributed by atoms with Crippen LogP contribution in [0.3, 0.4) is 0 Å². The van der Waals surface area contributed by atoms with Crippen LogP contribution in [0.1, 0.15) is 25.7 Å². The number of alkyl halides is 7. The van der Waals surface area contributed by atoms with Gasteiger partial charge in [0.1, 0.15) is 6.10 Å². The highest BCUT2D eigenvalue weighted by atomic mass is 127. The van der Waals surface area contributed by atoms with Crippen molar-refractivity contribution in [3.8, 4) is 0 Å². The largest absolute Gasteiger partial charge is 0.459 e. The molecule has 1 heterocycles. The molecule has 24 heavy (non-hydrogen) atoms. The van der Waals surface area contributed by atoms with E-state index < -0.39 is 35.8 Å². The van der Waals surface area contributed by atoms with Gasteiger partial charge < -0.3 is 9.47 Å². The van der Waals surface area contributed by atoms with Gasteiger partial charge in [-0.05, 0) is 18.8 Å². The van der Waals surface area contributed by atoms with E-state index in [4.69, 9.17) is 9.47 Å². The third kappa shape index (κ3) is 3.76. The molecule has 142 valence electrons. The lowest BCUT2D eigenvalue weighted by Crippen LogP contribution is -2.60. The molecule has 1 spiro atoms. The van der Waals surface area contributed by atoms with Gasteiger partial charge in [-0.1, -0.05) is 0 Å². The first kappa shape index (κ1) is 20.8. The van der Waals surface area contributed by atoms with Crippen molar-refractivity contribution in [1.82, 2.24) is 0 Å². The number of hydrogen-bond acceptors (Lipinski definition) is 4. The highest BCUT2D eigenvalue weighted by molar-refractivity contribution is 14.2. The first-order chi connectivity index (χ1) is 11.0. The van der Waals surface area contributed by atoms with E-state index in [2.05, 4.69) is 4.18 Å². The van der Waals surface area contributed by atoms with E-state index in [0.717, 1.165) is 0 Å². The molecule has 2 aliphatic rings. The summed E-state index contributed by atoms with van der Waals surface area (Å²) in [4.78, 5) is 0. The topological polar surface area (TPSA) is 27.7 Å². The third-order valence-electron chi connectivity index (χ3n) is 4.31. The van der Waals surface area contributed by atoms with Crippen LogP contribution in [-0.4, -0.2) is 43.1 Å². The summed E-state index contributed by atoms with van der Waals surface area (Å²) in [5.41, 5.74) is 0. The number of hydrogen-bond donors (Lipinski definition) is 0. The van der Waals surface area contributed by atoms with Crippen molar-refractivity contribution in [2.24, 2.45) is 5.92 Å². The molecule has 0 radical (unpaired) electrons. The molecule has 1 atom stereocenters. The van der Waals surface area contributed by atoms with Crippen LogP contribution in [0, 0.1) is 5.92 Å². The Hall–Kier alpha value is 0.470. The SMILES string of the molecule is FC(F)(F)C(F)(F)C(F)(F)C(OSI)C1CCC2(CC1)OCCO2. The fraction of sp³-hybridized carbons (Fsp3) is 1.00. The van der Waals surface area contributed by atoms with Gasteiger partial charge in [0.05, 0.1) is 22.4 Å². The number of halogens is 8. The Balaban J connectivity index is 2.17. The van der Waals surface area contributed by atoms with Gasteiger partial charge in [0.25, 0.3) is 0 Å². The molecule has 0 aromatic heterocycles. The van der Waals surface area contributed by atoms with Crippen LogP contribution >= 0.6 is 30.4 Å². The zero-order valence-electron chi connectivity index (χ0n) is 12.1. The third-order valence-corrected chi connectivity index (χ3v) is 5.21. The van der Waals surface area contributed by atoms with Gasteiger partial charge in [-0.3, -0.25) is 4.18 Å². The molecule has 0 N–H and O–H groups in total. The minimum absolute atomic E-state index is 0.0641. The van der Waals surface area contributed by atoms with Crippen molar-refractivity contribution < 1.29 is 44.4 Å². The molecular weight excluding hydrogens is 484 g/mol. The molecule has 1 unspecified atom stereocenters. The van der Waals surface area contributed by atoms with E-state index in [0.29, 0.717) is 22.4 Å². The summed E-state index contributed by atoms with van der Waals surface area (Å²) in [6, 6.07) is 0. The molecule has 2 rings (SSSR count). The molecule has 0 bridgehead atoms. The van der Waals surface area contributed by atoms with E-state index in [-0.39, 0.29) is 25.7 Å². The molecule has 3 nitrogen and oxygen atoms in total. The summed E-state index contributed by atoms with van der Waals surface area (Å²) in [6.07, 6.45) is -8.80. The Morgan fingerprint density at radius 1 is 1.00 bits per heavy atom. The van der Waals surface area contributed by atoms with Crippen molar-refractivity contribution in [3.63, 3.8) is 0 Å². The maximum absolute atomic E-state index is 14.0. The average molecular weight is 498 g/mol. The van der Waals surface area contributed by atoms with Gasteiger partial charge in [0.2, 0.25) is 0 Å². The van der Waals surface area contributed by atoms with Gasteiger partial charge in [-0.2, -0.15) is 30.7 Å². The second-order valence-corrected chi connectivity index (χ2v) is 7.12. The van der Waals surface area contributed by atoms with Crippen LogP contribution in [0.15, 0.2) is 0 Å². The van der Waals surface area contributed by atoms with E-state index >= 15 is 0 Å². The summed E-state index contributed by atoms with van der Waals surface area (Å²) >= 11 is 1.41. The first-order valence-electron chi connectivity index (χ1n) is 7.01. The quantitative estimate of drug-likeness (QED) is 0.299. The van der Waals surface area contributed by atoms with Crippen molar-refractivity contribution in [2.75, 3.05) is 13.2 Å². The van der Waals surface area contributed by atoms with Crippen molar-refractivity contribution >= 4 is 30.4 Å². The Bertz CT molecular complexity index is 433. The Kier molecular flexibility index (Phi) is 6.26. The van der Waals surface area contributed by atoms with Crippen LogP contribution < -0.4 is 0 Å². The second-order valence-electron chi connectivity index (χ2n) is 5.72. The fourth-order valence-corrected chi connectivity index (χ4v) is 4.04. The average Bonchev–Trinajstić information content (AvgIpc) is 2.93. The van der Waals surface area contributed by atoms with Gasteiger partial charge in [0.15, 0.2) is 5.79 Å². The van der Waals surface area contributed by atoms with Crippen LogP contribution in [0.4, 0.5) is 30.7 Å². The minimum atomic E-state index is -6.37. The summed E-state index contributed by atoms with van der Waals surface area (Å²) in [5.74, 6) is -13.7. The van der Waals surface area contributed by atoms with Gasteiger partial charge in [-0.25, -0.2) is 0 Å². The molecule has 0 aromatic rings. The molecular formula is C12H14F7IO3S. The Labute approximate surface area is 149 Å². The molecule has 0 amide bonds. The van der Waals surface area contributed by atoms with Crippen LogP contribution in [0.25, 0.3) is 0 Å². The molecule has 12 heteroatoms. The van der Waals surface area contributed by atoms with E-state index in [1.165, 1.54) is 21.2 Å². The van der Waals surface area contributed by atoms with E-state index in [1.807, 2.05) is 0 Å². The second kappa shape index (κ2) is 7.24. The zero-order valence-corrected chi connectivity index (χ0v) is 15.0. The summed E-state index contributed by atoms with van der Waals surface area (Å²) in [5, 5.41) is 0. The smallest absolute Gasteiger partial charge is 0.348 e. The Morgan fingerprint density at radius 2 is 1.50 bits per heavy atom. The molecule has 1 aliphatic heterocycles. The summed E-state index contributed by atoms with van der Waals surface area (Å²) in [7, 11) is 0.308. The summed E-state index contributed by atoms with van der Waals surface area (Å²) < 4.78 is 107. The molecule has 0 aromatic carbocycles. The van der Waals surface area contributed by atoms with Gasteiger partial charge >= 0.3 is 18.0 Å². The van der Waals surface area contributed by atoms with Crippen molar-refractivity contribution in [2.45, 2.75) is 55.6 Å². The first-order valence-corrected chi connectivity index (χ1v) is 10.3. The summed E-state index contributed by atoms with van der Waals surface area (Å²) in [6.45, 7) is 0.660. The monoisotopic (exact) mass is 498 g/mol.